The molecule has 2 aromatic carbocycles. The Morgan fingerprint density at radius 1 is 1.00 bits per heavy atom. The first kappa shape index (κ1) is 18.4. The Hall–Kier alpha value is -2.37. The molecule has 0 fully saturated rings. The van der Waals surface area contributed by atoms with Gasteiger partial charge in [0.15, 0.2) is 0 Å². The molecule has 26 heavy (non-hydrogen) atoms. The van der Waals surface area contributed by atoms with Gasteiger partial charge in [-0.2, -0.15) is 0 Å². The van der Waals surface area contributed by atoms with Crippen molar-refractivity contribution in [2.24, 2.45) is 5.92 Å². The van der Waals surface area contributed by atoms with Gasteiger partial charge in [0.05, 0.1) is 21.8 Å². The number of anilines is 1. The molecule has 0 unspecified atom stereocenters. The predicted octanol–water partition coefficient (Wildman–Crippen LogP) is 4.25. The molecule has 7 heteroatoms. The first-order valence-corrected chi connectivity index (χ1v) is 8.79. The van der Waals surface area contributed by atoms with Crippen molar-refractivity contribution in [3.63, 3.8) is 0 Å². The van der Waals surface area contributed by atoms with Gasteiger partial charge in [-0.25, -0.2) is 0 Å². The summed E-state index contributed by atoms with van der Waals surface area (Å²) in [5.41, 5.74) is 0.976. The molecule has 1 heterocycles. The van der Waals surface area contributed by atoms with Crippen LogP contribution in [0.5, 0.6) is 0 Å². The smallest absolute Gasteiger partial charge is 0.262 e. The van der Waals surface area contributed by atoms with Gasteiger partial charge in [-0.15, -0.1) is 0 Å². The summed E-state index contributed by atoms with van der Waals surface area (Å²) in [5, 5.41) is 3.40. The van der Waals surface area contributed by atoms with Crippen LogP contribution in [0.2, 0.25) is 10.0 Å². The number of amides is 3. The summed E-state index contributed by atoms with van der Waals surface area (Å²) in [6.07, 6.45) is 0. The van der Waals surface area contributed by atoms with Gasteiger partial charge in [0, 0.05) is 5.02 Å². The number of hydrogen-bond acceptors (Lipinski definition) is 3. The van der Waals surface area contributed by atoms with E-state index in [-0.39, 0.29) is 10.9 Å². The highest BCUT2D eigenvalue weighted by atomic mass is 35.5. The standard InChI is InChI=1S/C19H16Cl2N2O3/c1-10(2)16(17(24)22-15-8-7-11(20)9-14(15)21)23-18(25)12-5-3-4-6-13(12)19(23)26/h3-10,16H,1-2H3,(H,22,24)/t16-/m0/s1. The van der Waals surface area contributed by atoms with Crippen molar-refractivity contribution in [3.05, 3.63) is 63.6 Å². The van der Waals surface area contributed by atoms with Crippen molar-refractivity contribution in [3.8, 4) is 0 Å². The van der Waals surface area contributed by atoms with Gasteiger partial charge in [-0.1, -0.05) is 49.2 Å². The fourth-order valence-electron chi connectivity index (χ4n) is 2.98. The van der Waals surface area contributed by atoms with Crippen LogP contribution >= 0.6 is 23.2 Å². The number of nitrogens with zero attached hydrogens (tertiary/aromatic N) is 1. The highest BCUT2D eigenvalue weighted by Gasteiger charge is 2.43. The summed E-state index contributed by atoms with van der Waals surface area (Å²) in [6, 6.07) is 10.2. The number of carbonyl (C=O) groups is 3. The van der Waals surface area contributed by atoms with Crippen molar-refractivity contribution >= 4 is 46.6 Å². The number of hydrogen-bond donors (Lipinski definition) is 1. The van der Waals surface area contributed by atoms with Crippen LogP contribution in [0.25, 0.3) is 0 Å². The zero-order valence-corrected chi connectivity index (χ0v) is 15.6. The minimum atomic E-state index is -0.964. The summed E-state index contributed by atoms with van der Waals surface area (Å²) in [4.78, 5) is 39.3. The quantitative estimate of drug-likeness (QED) is 0.793. The summed E-state index contributed by atoms with van der Waals surface area (Å²) in [5.74, 6) is -1.72. The van der Waals surface area contributed by atoms with Crippen LogP contribution in [-0.2, 0) is 4.79 Å². The SMILES string of the molecule is CC(C)[C@@H](C(=O)Nc1ccc(Cl)cc1Cl)N1C(=O)c2ccccc2C1=O. The molecule has 0 spiro atoms. The largest absolute Gasteiger partial charge is 0.323 e. The number of fused-ring (bicyclic) bond motifs is 1. The van der Waals surface area contributed by atoms with Crippen LogP contribution < -0.4 is 5.32 Å². The van der Waals surface area contributed by atoms with E-state index >= 15 is 0 Å². The molecule has 1 aliphatic rings. The highest BCUT2D eigenvalue weighted by Crippen LogP contribution is 2.29. The molecule has 0 saturated heterocycles. The van der Waals surface area contributed by atoms with Crippen LogP contribution in [0, 0.1) is 5.92 Å². The fourth-order valence-corrected chi connectivity index (χ4v) is 3.43. The number of halogens is 2. The lowest BCUT2D eigenvalue weighted by Crippen LogP contribution is -2.50. The van der Waals surface area contributed by atoms with Crippen LogP contribution in [0.15, 0.2) is 42.5 Å². The van der Waals surface area contributed by atoms with Crippen molar-refractivity contribution < 1.29 is 14.4 Å². The lowest BCUT2D eigenvalue weighted by Gasteiger charge is -2.28. The summed E-state index contributed by atoms with van der Waals surface area (Å²) < 4.78 is 0. The first-order valence-electron chi connectivity index (χ1n) is 8.04. The molecule has 134 valence electrons. The molecule has 1 aliphatic heterocycles. The van der Waals surface area contributed by atoms with Crippen LogP contribution in [0.3, 0.4) is 0 Å². The molecule has 0 saturated carbocycles. The maximum Gasteiger partial charge on any atom is 0.262 e. The third-order valence-corrected chi connectivity index (χ3v) is 4.74. The van der Waals surface area contributed by atoms with Gasteiger partial charge in [-0.3, -0.25) is 19.3 Å². The fraction of sp³-hybridized carbons (Fsp3) is 0.211. The molecule has 0 radical (unpaired) electrons. The Morgan fingerprint density at radius 2 is 1.58 bits per heavy atom. The first-order chi connectivity index (χ1) is 12.3. The Kier molecular flexibility index (Phi) is 5.03. The average molecular weight is 391 g/mol. The molecule has 0 aromatic heterocycles. The summed E-state index contributed by atoms with van der Waals surface area (Å²) in [6.45, 7) is 3.55. The Bertz CT molecular complexity index is 876. The minimum Gasteiger partial charge on any atom is -0.323 e. The second-order valence-corrected chi connectivity index (χ2v) is 7.17. The number of imide groups is 1. The van der Waals surface area contributed by atoms with Gasteiger partial charge < -0.3 is 5.32 Å². The van der Waals surface area contributed by atoms with E-state index in [0.717, 1.165) is 4.90 Å². The molecular weight excluding hydrogens is 375 g/mol. The Balaban J connectivity index is 1.92. The molecule has 2 aromatic rings. The second-order valence-electron chi connectivity index (χ2n) is 6.33. The molecule has 1 N–H and O–H groups in total. The zero-order chi connectivity index (χ0) is 19.0. The molecule has 0 bridgehead atoms. The summed E-state index contributed by atoms with van der Waals surface area (Å²) in [7, 11) is 0. The normalized spacial score (nSPS) is 14.6. The zero-order valence-electron chi connectivity index (χ0n) is 14.1. The van der Waals surface area contributed by atoms with Crippen LogP contribution in [0.4, 0.5) is 5.69 Å². The predicted molar refractivity (Wildman–Crippen MR) is 101 cm³/mol. The van der Waals surface area contributed by atoms with Crippen molar-refractivity contribution in [2.75, 3.05) is 5.32 Å². The van der Waals surface area contributed by atoms with Crippen LogP contribution in [-0.4, -0.2) is 28.7 Å². The second kappa shape index (κ2) is 7.09. The third kappa shape index (κ3) is 3.20. The topological polar surface area (TPSA) is 66.5 Å². The van der Waals surface area contributed by atoms with Crippen LogP contribution in [0.1, 0.15) is 34.6 Å². The maximum atomic E-state index is 12.9. The molecule has 1 atom stereocenters. The highest BCUT2D eigenvalue weighted by molar-refractivity contribution is 6.36. The molecule has 0 aliphatic carbocycles. The number of carbonyl (C=O) groups excluding carboxylic acids is 3. The lowest BCUT2D eigenvalue weighted by atomic mass is 10.0. The van der Waals surface area contributed by atoms with Gasteiger partial charge >= 0.3 is 0 Å². The average Bonchev–Trinajstić information content (AvgIpc) is 2.83. The minimum absolute atomic E-state index is 0.274. The molecule has 3 rings (SSSR count). The lowest BCUT2D eigenvalue weighted by molar-refractivity contribution is -0.121. The van der Waals surface area contributed by atoms with Gasteiger partial charge in [0.25, 0.3) is 11.8 Å². The Labute approximate surface area is 160 Å². The molecular formula is C19H16Cl2N2O3. The van der Waals surface area contributed by atoms with E-state index in [1.807, 2.05) is 0 Å². The van der Waals surface area contributed by atoms with Gasteiger partial charge in [0.2, 0.25) is 5.91 Å². The number of benzene rings is 2. The molecule has 3 amide bonds. The van der Waals surface area contributed by atoms with Crippen molar-refractivity contribution in [2.45, 2.75) is 19.9 Å². The van der Waals surface area contributed by atoms with Crippen molar-refractivity contribution in [1.82, 2.24) is 4.90 Å². The van der Waals surface area contributed by atoms with Crippen molar-refractivity contribution in [1.29, 1.82) is 0 Å². The van der Waals surface area contributed by atoms with E-state index in [1.165, 1.54) is 6.07 Å². The van der Waals surface area contributed by atoms with E-state index in [1.54, 1.807) is 50.2 Å². The van der Waals surface area contributed by atoms with E-state index in [9.17, 15) is 14.4 Å². The summed E-state index contributed by atoms with van der Waals surface area (Å²) >= 11 is 12.0. The third-order valence-electron chi connectivity index (χ3n) is 4.19. The number of rotatable bonds is 4. The monoisotopic (exact) mass is 390 g/mol. The van der Waals surface area contributed by atoms with E-state index in [4.69, 9.17) is 23.2 Å². The van der Waals surface area contributed by atoms with E-state index < -0.39 is 23.8 Å². The van der Waals surface area contributed by atoms with Gasteiger partial charge in [0.1, 0.15) is 6.04 Å². The number of nitrogens with one attached hydrogen (secondary N) is 1. The molecule has 5 nitrogen and oxygen atoms in total. The van der Waals surface area contributed by atoms with E-state index in [2.05, 4.69) is 5.32 Å². The maximum absolute atomic E-state index is 12.9. The Morgan fingerprint density at radius 3 is 2.08 bits per heavy atom. The van der Waals surface area contributed by atoms with E-state index in [0.29, 0.717) is 21.8 Å². The van der Waals surface area contributed by atoms with Gasteiger partial charge in [-0.05, 0) is 36.2 Å².